The predicted octanol–water partition coefficient (Wildman–Crippen LogP) is 22.0. The molecule has 0 fully saturated rings. The molecule has 0 saturated carbocycles. The first kappa shape index (κ1) is 61.6. The zero-order valence-electron chi connectivity index (χ0n) is 55.6. The fraction of sp³-hybridized carbons (Fsp3) is 0. The van der Waals surface area contributed by atoms with E-state index < -0.39 is 6.71 Å². The second kappa shape index (κ2) is 24.6. The van der Waals surface area contributed by atoms with Crippen molar-refractivity contribution in [3.05, 3.63) is 353 Å². The van der Waals surface area contributed by atoms with Crippen LogP contribution in [-0.4, -0.2) is 15.8 Å². The maximum atomic E-state index is 11.5. The van der Waals surface area contributed by atoms with Gasteiger partial charge < -0.3 is 18.9 Å². The molecule has 18 rings (SSSR count). The Hall–Kier alpha value is -15.7. The Morgan fingerprint density at radius 1 is 0.295 bits per heavy atom. The molecule has 0 bridgehead atoms. The summed E-state index contributed by atoms with van der Waals surface area (Å²) in [5, 5.41) is 45.3. The summed E-state index contributed by atoms with van der Waals surface area (Å²) in [6.07, 6.45) is 0. The average molecular weight is 1330 g/mol. The molecular weight excluding hydrogens is 1280 g/mol. The van der Waals surface area contributed by atoms with Crippen molar-refractivity contribution in [2.24, 2.45) is 0 Å². The molecule has 2 aliphatic heterocycles. The van der Waals surface area contributed by atoms with E-state index in [1.807, 2.05) is 69.8 Å². The van der Waals surface area contributed by atoms with Crippen molar-refractivity contribution < 1.29 is 0 Å². The molecule has 0 atom stereocenters. The summed E-state index contributed by atoms with van der Waals surface area (Å²) in [7, 11) is 0. The largest absolute Gasteiger partial charge is 0.329 e. The highest BCUT2D eigenvalue weighted by atomic mass is 15.2. The van der Waals surface area contributed by atoms with Crippen LogP contribution < -0.4 is 26.2 Å². The maximum Gasteiger partial charge on any atom is 0.252 e. The number of aromatic nitrogens is 2. The molecule has 0 amide bonds. The number of nitriles is 4. The van der Waals surface area contributed by atoms with Crippen molar-refractivity contribution in [1.82, 2.24) is 9.13 Å². The number of benzene rings is 14. The zero-order chi connectivity index (χ0) is 71.1. The van der Waals surface area contributed by atoms with Gasteiger partial charge in [0.15, 0.2) is 5.69 Å². The van der Waals surface area contributed by atoms with Gasteiger partial charge in [-0.2, -0.15) is 21.0 Å². The lowest BCUT2D eigenvalue weighted by molar-refractivity contribution is 1.15. The molecule has 478 valence electrons. The minimum atomic E-state index is -0.565. The van der Waals surface area contributed by atoms with Gasteiger partial charge >= 0.3 is 0 Å². The quantitative estimate of drug-likeness (QED) is 0.105. The van der Waals surface area contributed by atoms with Gasteiger partial charge in [-0.15, -0.1) is 0 Å². The number of hydrogen-bond donors (Lipinski definition) is 0. The minimum Gasteiger partial charge on any atom is -0.329 e. The fourth-order valence-electron chi connectivity index (χ4n) is 15.9. The van der Waals surface area contributed by atoms with Gasteiger partial charge in [-0.25, -0.2) is 19.4 Å². The van der Waals surface area contributed by atoms with Crippen LogP contribution in [0.1, 0.15) is 22.3 Å². The van der Waals surface area contributed by atoms with Gasteiger partial charge in [0.25, 0.3) is 6.71 Å². The number of rotatable bonds is 9. The first-order valence-electron chi connectivity index (χ1n) is 33.8. The smallest absolute Gasteiger partial charge is 0.252 e. The van der Waals surface area contributed by atoms with Gasteiger partial charge in [0, 0.05) is 67.5 Å². The van der Waals surface area contributed by atoms with Crippen LogP contribution in [0, 0.1) is 71.6 Å². The van der Waals surface area contributed by atoms with E-state index in [-0.39, 0.29) is 45.0 Å². The summed E-state index contributed by atoms with van der Waals surface area (Å²) < 4.78 is 3.91. The molecule has 2 aliphatic rings. The van der Waals surface area contributed by atoms with Crippen LogP contribution in [0.15, 0.2) is 285 Å². The molecule has 105 heavy (non-hydrogen) atoms. The molecule has 16 aromatic rings. The first-order valence-corrected chi connectivity index (χ1v) is 33.8. The molecule has 0 N–H and O–H groups in total. The van der Waals surface area contributed by atoms with Crippen molar-refractivity contribution in [2.45, 2.75) is 0 Å². The Labute approximate surface area is 604 Å². The summed E-state index contributed by atoms with van der Waals surface area (Å²) in [5.74, 6) is 0. The third-order valence-corrected chi connectivity index (χ3v) is 20.3. The van der Waals surface area contributed by atoms with Gasteiger partial charge in [-0.3, -0.25) is 0 Å². The van der Waals surface area contributed by atoms with Crippen LogP contribution in [0.4, 0.5) is 56.9 Å². The van der Waals surface area contributed by atoms with Crippen LogP contribution in [0.25, 0.3) is 130 Å². The predicted molar refractivity (Wildman–Crippen MR) is 420 cm³/mol. The highest BCUT2D eigenvalue weighted by Crippen LogP contribution is 2.54. The summed E-state index contributed by atoms with van der Waals surface area (Å²) in [6.45, 7) is 34.2. The number of hydrogen-bond acceptors (Lipinski definition) is 6. The Kier molecular flexibility index (Phi) is 14.4. The Balaban J connectivity index is 1.05. The second-order valence-electron chi connectivity index (χ2n) is 25.9. The number of anilines is 6. The Morgan fingerprint density at radius 2 is 0.724 bits per heavy atom. The van der Waals surface area contributed by atoms with Crippen LogP contribution >= 0.6 is 0 Å². The lowest BCUT2D eigenvalue weighted by atomic mass is 9.33. The van der Waals surface area contributed by atoms with E-state index in [0.29, 0.717) is 55.0 Å². The number of nitrogens with zero attached hydrogens (tertiary/aromatic N) is 12. The number of fused-ring (bicyclic) bond motifs is 10. The van der Waals surface area contributed by atoms with Crippen LogP contribution in [0.5, 0.6) is 0 Å². The van der Waals surface area contributed by atoms with E-state index >= 15 is 0 Å². The van der Waals surface area contributed by atoms with Gasteiger partial charge in [0.2, 0.25) is 17.1 Å². The molecule has 0 aliphatic carbocycles. The molecular formula is C92H47BN12. The summed E-state index contributed by atoms with van der Waals surface area (Å²) in [4.78, 5) is 20.9. The SMILES string of the molecule is [C-]#[N+]c1cc([N+]#[C-])c2c(c1)c1cc(C#N)cc(C#N)c1n2-c1cc2c3c(c1)N(c1c(-c4ccccc4)cc(-c4ccccc4)cc1-c1ccccc1)c1ccc(-c4ccccc4)cc1B3c1ccc(-n3c4c([N+]#[C-])cc(C#N)cc4c4cc(C#N)cc([N+]#[C-])c43)cc1N2c1ccc(-c2ccccc2)cc1. The molecule has 0 unspecified atom stereocenters. The lowest BCUT2D eigenvalue weighted by Crippen LogP contribution is -2.61. The van der Waals surface area contributed by atoms with Crippen LogP contribution in [0.3, 0.4) is 0 Å². The molecule has 14 aromatic carbocycles. The standard InChI is InChI=1S/C92H47BN12/c1-98-68-47-77-74-39-56(52-94)38-67(55-97)88(74)104(92(77)82(48-68)101-4)71-50-85-87-86(51-71)105(89-72(63-26-16-8-17-27-63)44-66(61-24-14-7-15-25-61)45-73(89)64-28-18-9-19-29-64)83-37-32-65(60-22-12-6-13-23-60)46-79(83)93(87)78-36-35-70(49-84(78)102(85)69-33-30-62(31-34-69)59-20-10-5-11-21-59)103-90-75(40-57(53-95)42-80(90)99-2)76-41-58(54-96)43-81(100-3)91(76)103/h5-51H. The third kappa shape index (κ3) is 9.70. The Bertz CT molecular complexity index is 6570. The fourth-order valence-corrected chi connectivity index (χ4v) is 15.9. The monoisotopic (exact) mass is 1330 g/mol. The summed E-state index contributed by atoms with van der Waals surface area (Å²) >= 11 is 0. The van der Waals surface area contributed by atoms with Gasteiger partial charge in [0.05, 0.1) is 83.4 Å². The molecule has 0 saturated heterocycles. The van der Waals surface area contributed by atoms with E-state index in [4.69, 9.17) is 26.3 Å². The van der Waals surface area contributed by atoms with Crippen LogP contribution in [0.2, 0.25) is 0 Å². The molecule has 12 nitrogen and oxygen atoms in total. The highest BCUT2D eigenvalue weighted by Gasteiger charge is 2.46. The zero-order valence-corrected chi connectivity index (χ0v) is 55.6. The lowest BCUT2D eigenvalue weighted by Gasteiger charge is -2.45. The van der Waals surface area contributed by atoms with Crippen LogP contribution in [-0.2, 0) is 0 Å². The third-order valence-electron chi connectivity index (χ3n) is 20.3. The average Bonchev–Trinajstić information content (AvgIpc) is 1.17. The molecule has 4 heterocycles. The maximum absolute atomic E-state index is 11.5. The molecule has 0 radical (unpaired) electrons. The van der Waals surface area contributed by atoms with Crippen molar-refractivity contribution in [2.75, 3.05) is 9.80 Å². The van der Waals surface area contributed by atoms with E-state index in [0.717, 1.165) is 106 Å². The van der Waals surface area contributed by atoms with Crippen molar-refractivity contribution in [3.63, 3.8) is 0 Å². The molecule has 0 spiro atoms. The van der Waals surface area contributed by atoms with E-state index in [2.05, 4.69) is 229 Å². The Morgan fingerprint density at radius 3 is 1.24 bits per heavy atom. The summed E-state index contributed by atoms with van der Waals surface area (Å²) in [6, 6.07) is 105. The van der Waals surface area contributed by atoms with Gasteiger partial charge in [-0.1, -0.05) is 182 Å². The van der Waals surface area contributed by atoms with Crippen molar-refractivity contribution >= 4 is 124 Å². The normalized spacial score (nSPS) is 11.7. The first-order chi connectivity index (χ1) is 51.7. The van der Waals surface area contributed by atoms with Gasteiger partial charge in [0.1, 0.15) is 6.07 Å². The van der Waals surface area contributed by atoms with E-state index in [9.17, 15) is 21.0 Å². The van der Waals surface area contributed by atoms with E-state index in [1.54, 1.807) is 48.5 Å². The van der Waals surface area contributed by atoms with E-state index in [1.165, 1.54) is 0 Å². The summed E-state index contributed by atoms with van der Waals surface area (Å²) in [5.41, 5.74) is 21.9. The molecule has 2 aromatic heterocycles. The molecule has 13 heteroatoms. The van der Waals surface area contributed by atoms with Gasteiger partial charge in [-0.05, 0) is 180 Å². The van der Waals surface area contributed by atoms with Crippen molar-refractivity contribution in [1.29, 1.82) is 21.0 Å². The topological polar surface area (TPSA) is 129 Å². The highest BCUT2D eigenvalue weighted by molar-refractivity contribution is 7.00. The van der Waals surface area contributed by atoms with Crippen molar-refractivity contribution in [3.8, 4) is 91.3 Å². The second-order valence-corrected chi connectivity index (χ2v) is 25.9. The minimum absolute atomic E-state index is 0.169.